The normalized spacial score (nSPS) is 12.6. The van der Waals surface area contributed by atoms with E-state index in [0.717, 1.165) is 17.0 Å². The summed E-state index contributed by atoms with van der Waals surface area (Å²) in [5, 5.41) is 11.9. The molecule has 3 N–H and O–H groups in total. The summed E-state index contributed by atoms with van der Waals surface area (Å²) in [5.74, 6) is 6.23. The molecule has 0 bridgehead atoms. The van der Waals surface area contributed by atoms with Crippen LogP contribution >= 0.6 is 22.6 Å². The van der Waals surface area contributed by atoms with Crippen molar-refractivity contribution in [2.75, 3.05) is 5.73 Å². The van der Waals surface area contributed by atoms with Crippen LogP contribution in [0.2, 0.25) is 0 Å². The van der Waals surface area contributed by atoms with Crippen molar-refractivity contribution < 1.29 is 4.79 Å². The predicted octanol–water partition coefficient (Wildman–Crippen LogP) is 4.44. The lowest BCUT2D eigenvalue weighted by Crippen LogP contribution is -2.33. The van der Waals surface area contributed by atoms with Crippen LogP contribution in [0.1, 0.15) is 62.5 Å². The molecular formula is C32H28IN9O2. The molecule has 4 aromatic heterocycles. The molecule has 0 saturated heterocycles. The molecule has 0 radical (unpaired) electrons. The number of amides is 1. The number of nitrogens with two attached hydrogens (primary N) is 1. The Bertz CT molecular complexity index is 2190. The highest BCUT2D eigenvalue weighted by atomic mass is 127. The van der Waals surface area contributed by atoms with E-state index in [-0.39, 0.29) is 20.9 Å². The third-order valence-corrected chi connectivity index (χ3v) is 8.05. The average molecular weight is 698 g/mol. The summed E-state index contributed by atoms with van der Waals surface area (Å²) < 4.78 is 4.87. The molecule has 220 valence electrons. The number of hydrogen-bond acceptors (Lipinski definition) is 7. The van der Waals surface area contributed by atoms with E-state index in [9.17, 15) is 9.59 Å². The summed E-state index contributed by atoms with van der Waals surface area (Å²) in [5.41, 5.74) is 10.5. The Morgan fingerprint density at radius 2 is 1.77 bits per heavy atom. The number of carbonyl (C=O) groups is 1. The second-order valence-electron chi connectivity index (χ2n) is 10.4. The van der Waals surface area contributed by atoms with E-state index in [1.54, 1.807) is 36.1 Å². The van der Waals surface area contributed by atoms with Crippen LogP contribution in [0.4, 0.5) is 5.82 Å². The van der Waals surface area contributed by atoms with Crippen molar-refractivity contribution in [1.29, 1.82) is 0 Å². The minimum atomic E-state index is -0.700. The lowest BCUT2D eigenvalue weighted by atomic mass is 10.1. The zero-order valence-electron chi connectivity index (χ0n) is 24.4. The van der Waals surface area contributed by atoms with Gasteiger partial charge in [0, 0.05) is 18.8 Å². The molecule has 0 aliphatic carbocycles. The quantitative estimate of drug-likeness (QED) is 0.154. The number of benzene rings is 2. The lowest BCUT2D eigenvalue weighted by Gasteiger charge is -2.20. The summed E-state index contributed by atoms with van der Waals surface area (Å²) in [4.78, 5) is 37.5. The maximum Gasteiger partial charge on any atom is 0.267 e. The molecule has 11 nitrogen and oxygen atoms in total. The number of carbonyl (C=O) groups excluding carboxylic acids is 1. The SMILES string of the molecule is Cc1c(C#Cc2cccc3nc(C(C)NC(=O)c4c(N)nn5ccc(C(C)I)nc45)n(-c4ccccc4)c(=O)c23)cnn1C. The van der Waals surface area contributed by atoms with Gasteiger partial charge in [-0.05, 0) is 51.1 Å². The van der Waals surface area contributed by atoms with Crippen LogP contribution in [0.15, 0.2) is 71.8 Å². The van der Waals surface area contributed by atoms with E-state index in [4.69, 9.17) is 10.7 Å². The largest absolute Gasteiger partial charge is 0.381 e. The van der Waals surface area contributed by atoms with Crippen molar-refractivity contribution in [2.45, 2.75) is 30.7 Å². The fraction of sp³-hybridized carbons (Fsp3) is 0.188. The van der Waals surface area contributed by atoms with Gasteiger partial charge in [0.1, 0.15) is 11.4 Å². The van der Waals surface area contributed by atoms with Crippen LogP contribution in [0.5, 0.6) is 0 Å². The number of alkyl halides is 1. The van der Waals surface area contributed by atoms with E-state index in [0.29, 0.717) is 33.6 Å². The monoisotopic (exact) mass is 697 g/mol. The van der Waals surface area contributed by atoms with E-state index in [1.165, 1.54) is 9.08 Å². The Kier molecular flexibility index (Phi) is 7.64. The summed E-state index contributed by atoms with van der Waals surface area (Å²) >= 11 is 2.26. The molecule has 6 aromatic rings. The molecule has 12 heteroatoms. The summed E-state index contributed by atoms with van der Waals surface area (Å²) in [6.45, 7) is 5.71. The van der Waals surface area contributed by atoms with Gasteiger partial charge in [0.2, 0.25) is 0 Å². The first-order chi connectivity index (χ1) is 21.1. The number of fused-ring (bicyclic) bond motifs is 2. The Balaban J connectivity index is 1.46. The Hall–Kier alpha value is -5.03. The second-order valence-corrected chi connectivity index (χ2v) is 12.2. The van der Waals surface area contributed by atoms with E-state index >= 15 is 0 Å². The first kappa shape index (κ1) is 29.1. The van der Waals surface area contributed by atoms with Crippen LogP contribution in [0.3, 0.4) is 0 Å². The molecule has 6 rings (SSSR count). The number of para-hydroxylation sites is 1. The molecule has 4 heterocycles. The van der Waals surface area contributed by atoms with E-state index in [1.807, 2.05) is 63.4 Å². The zero-order valence-corrected chi connectivity index (χ0v) is 26.6. The van der Waals surface area contributed by atoms with Gasteiger partial charge < -0.3 is 11.1 Å². The Morgan fingerprint density at radius 1 is 1.02 bits per heavy atom. The molecule has 2 atom stereocenters. The highest BCUT2D eigenvalue weighted by Gasteiger charge is 2.25. The van der Waals surface area contributed by atoms with E-state index < -0.39 is 11.9 Å². The van der Waals surface area contributed by atoms with Crippen molar-refractivity contribution in [3.05, 3.63) is 111 Å². The third kappa shape index (κ3) is 5.19. The van der Waals surface area contributed by atoms with Gasteiger partial charge in [-0.25, -0.2) is 14.5 Å². The molecule has 0 aliphatic rings. The van der Waals surface area contributed by atoms with Crippen LogP contribution in [-0.2, 0) is 7.05 Å². The molecule has 0 saturated carbocycles. The lowest BCUT2D eigenvalue weighted by molar-refractivity contribution is 0.0940. The van der Waals surface area contributed by atoms with Crippen molar-refractivity contribution in [3.63, 3.8) is 0 Å². The van der Waals surface area contributed by atoms with Crippen LogP contribution < -0.4 is 16.6 Å². The first-order valence-electron chi connectivity index (χ1n) is 13.9. The number of nitrogens with zero attached hydrogens (tertiary/aromatic N) is 7. The number of hydrogen-bond donors (Lipinski definition) is 2. The fourth-order valence-electron chi connectivity index (χ4n) is 4.96. The number of aryl methyl sites for hydroxylation is 1. The molecule has 2 aromatic carbocycles. The van der Waals surface area contributed by atoms with Gasteiger partial charge in [-0.15, -0.1) is 5.10 Å². The summed E-state index contributed by atoms with van der Waals surface area (Å²) in [6.07, 6.45) is 3.43. The molecule has 0 aliphatic heterocycles. The smallest absolute Gasteiger partial charge is 0.267 e. The topological polar surface area (TPSA) is 138 Å². The highest BCUT2D eigenvalue weighted by Crippen LogP contribution is 2.25. The molecule has 2 unspecified atom stereocenters. The highest BCUT2D eigenvalue weighted by molar-refractivity contribution is 14.1. The maximum atomic E-state index is 14.3. The summed E-state index contributed by atoms with van der Waals surface area (Å²) in [6, 6.07) is 15.7. The molecular weight excluding hydrogens is 669 g/mol. The molecule has 0 spiro atoms. The van der Waals surface area contributed by atoms with Crippen molar-refractivity contribution in [2.24, 2.45) is 7.05 Å². The summed E-state index contributed by atoms with van der Waals surface area (Å²) in [7, 11) is 1.85. The van der Waals surface area contributed by atoms with Crippen LogP contribution in [0.25, 0.3) is 22.2 Å². The Morgan fingerprint density at radius 3 is 2.48 bits per heavy atom. The van der Waals surface area contributed by atoms with Gasteiger partial charge in [0.25, 0.3) is 11.5 Å². The van der Waals surface area contributed by atoms with Crippen molar-refractivity contribution >= 4 is 50.9 Å². The standard InChI is InChI=1S/C32H28IN9O2/c1-18(33)24-15-16-41-30(37-24)27(28(34)39-41)31(43)36-19(2)29-38-25-12-8-9-21(13-14-22-17-35-40(4)20(22)3)26(25)32(44)42(29)23-10-6-5-7-11-23/h5-12,15-19H,1-4H3,(H2,34,39)(H,36,43). The van der Waals surface area contributed by atoms with Gasteiger partial charge in [-0.3, -0.25) is 18.8 Å². The number of rotatable bonds is 5. The number of halogens is 1. The number of nitrogen functional groups attached to an aromatic ring is 1. The van der Waals surface area contributed by atoms with Gasteiger partial charge >= 0.3 is 0 Å². The molecule has 44 heavy (non-hydrogen) atoms. The molecule has 1 amide bonds. The van der Waals surface area contributed by atoms with Crippen LogP contribution in [0, 0.1) is 18.8 Å². The maximum absolute atomic E-state index is 14.3. The average Bonchev–Trinajstić information content (AvgIpc) is 3.52. The van der Waals surface area contributed by atoms with Gasteiger partial charge in [-0.1, -0.05) is 58.7 Å². The Labute approximate surface area is 266 Å². The number of anilines is 1. The third-order valence-electron chi connectivity index (χ3n) is 7.41. The zero-order chi connectivity index (χ0) is 31.1. The van der Waals surface area contributed by atoms with Gasteiger partial charge in [-0.2, -0.15) is 5.10 Å². The molecule has 0 fully saturated rings. The van der Waals surface area contributed by atoms with Crippen molar-refractivity contribution in [1.82, 2.24) is 39.2 Å². The van der Waals surface area contributed by atoms with Gasteiger partial charge in [0.15, 0.2) is 11.5 Å². The van der Waals surface area contributed by atoms with Crippen LogP contribution in [-0.4, -0.2) is 39.8 Å². The second kappa shape index (κ2) is 11.6. The van der Waals surface area contributed by atoms with Gasteiger partial charge in [0.05, 0.1) is 49.7 Å². The number of nitrogens with one attached hydrogen (secondary N) is 1. The van der Waals surface area contributed by atoms with E-state index in [2.05, 4.69) is 54.9 Å². The number of aromatic nitrogens is 7. The minimum Gasteiger partial charge on any atom is -0.381 e. The minimum absolute atomic E-state index is 0.0550. The first-order valence-corrected chi connectivity index (χ1v) is 15.1. The van der Waals surface area contributed by atoms with Crippen molar-refractivity contribution in [3.8, 4) is 17.5 Å². The predicted molar refractivity (Wildman–Crippen MR) is 177 cm³/mol. The fourth-order valence-corrected chi connectivity index (χ4v) is 5.30.